The summed E-state index contributed by atoms with van der Waals surface area (Å²) in [7, 11) is 0. The van der Waals surface area contributed by atoms with Crippen molar-refractivity contribution in [2.45, 2.75) is 53.7 Å². The van der Waals surface area contributed by atoms with Gasteiger partial charge in [0.15, 0.2) is 0 Å². The van der Waals surface area contributed by atoms with Gasteiger partial charge in [-0.3, -0.25) is 0 Å². The smallest absolute Gasteiger partial charge is 0.0735 e. The van der Waals surface area contributed by atoms with Crippen LogP contribution in [0.4, 0.5) is 17.1 Å². The molecule has 318 valence electrons. The van der Waals surface area contributed by atoms with E-state index in [1.165, 1.54) is 110 Å². The monoisotopic (exact) mass is 873 g/mol. The first-order valence-electron chi connectivity index (χ1n) is 23.7. The Bertz CT molecular complexity index is 3630. The Morgan fingerprint density at radius 3 is 1.52 bits per heavy atom. The zero-order chi connectivity index (χ0) is 44.8. The van der Waals surface area contributed by atoms with Crippen molar-refractivity contribution >= 4 is 39.6 Å². The third kappa shape index (κ3) is 5.17. The van der Waals surface area contributed by atoms with E-state index in [0.717, 1.165) is 17.1 Å². The van der Waals surface area contributed by atoms with Crippen molar-refractivity contribution in [3.05, 3.63) is 257 Å². The van der Waals surface area contributed by atoms with Gasteiger partial charge in [0.05, 0.1) is 5.41 Å². The van der Waals surface area contributed by atoms with Crippen molar-refractivity contribution in [2.24, 2.45) is 0 Å². The van der Waals surface area contributed by atoms with Gasteiger partial charge < -0.3 is 4.90 Å². The maximum atomic E-state index is 2.49. The van der Waals surface area contributed by atoms with Crippen LogP contribution in [0.3, 0.4) is 0 Å². The van der Waals surface area contributed by atoms with Crippen LogP contribution in [0.5, 0.6) is 0 Å². The highest BCUT2D eigenvalue weighted by molar-refractivity contribution is 7.99. The fraction of sp³-hybridized carbons (Fsp3) is 0.108. The van der Waals surface area contributed by atoms with E-state index >= 15 is 0 Å². The highest BCUT2D eigenvalue weighted by Crippen LogP contribution is 2.64. The first-order chi connectivity index (χ1) is 32.7. The molecule has 10 aromatic rings. The minimum Gasteiger partial charge on any atom is -0.310 e. The number of benzene rings is 10. The van der Waals surface area contributed by atoms with Gasteiger partial charge in [0.1, 0.15) is 0 Å². The molecule has 3 aliphatic carbocycles. The van der Waals surface area contributed by atoms with Crippen LogP contribution >= 0.6 is 11.8 Å². The largest absolute Gasteiger partial charge is 0.310 e. The fourth-order valence-corrected chi connectivity index (χ4v) is 14.1. The van der Waals surface area contributed by atoms with Gasteiger partial charge in [0, 0.05) is 37.7 Å². The first kappa shape index (κ1) is 38.8. The van der Waals surface area contributed by atoms with Crippen molar-refractivity contribution in [1.29, 1.82) is 0 Å². The molecule has 1 spiro atoms. The SMILES string of the molecule is CC1(C)c2ccccc2-c2ccc(N(c3ccc(-c4cccc5c4Sc4ccccc4C54c5ccccc5-c5c4ccc4ccccc54)cc3)c3ccc4c(c3)C(C)(C)c3ccccc3-4)cc21. The second-order valence-corrected chi connectivity index (χ2v) is 21.0. The molecule has 0 fully saturated rings. The van der Waals surface area contributed by atoms with Crippen molar-refractivity contribution in [1.82, 2.24) is 0 Å². The molecule has 0 saturated carbocycles. The van der Waals surface area contributed by atoms with Crippen LogP contribution in [-0.2, 0) is 16.2 Å². The normalized spacial score (nSPS) is 16.9. The van der Waals surface area contributed by atoms with Crippen LogP contribution in [0.25, 0.3) is 55.3 Å². The van der Waals surface area contributed by atoms with E-state index in [9.17, 15) is 0 Å². The van der Waals surface area contributed by atoms with Gasteiger partial charge in [-0.1, -0.05) is 209 Å². The number of nitrogens with zero attached hydrogens (tertiary/aromatic N) is 1. The van der Waals surface area contributed by atoms with E-state index in [1.807, 2.05) is 11.8 Å². The molecule has 1 atom stereocenters. The Labute approximate surface area is 397 Å². The summed E-state index contributed by atoms with van der Waals surface area (Å²) in [6, 6.07) is 80.6. The molecule has 2 heteroatoms. The fourth-order valence-electron chi connectivity index (χ4n) is 12.8. The quantitative estimate of drug-likeness (QED) is 0.173. The van der Waals surface area contributed by atoms with Crippen LogP contribution in [0.15, 0.2) is 222 Å². The standard InChI is InChI=1S/C65H47NS/c1-63(2)52-22-10-7-18-47(52)49-35-33-43(38-58(49)63)66(44-34-36-50-48-19-8-11-23-53(48)64(3,4)59(50)39-44)42-31-28-41(29-32-42)46-21-15-26-57-62(46)67-60-27-14-13-25-55(60)65(57)54-24-12-9-20-51(54)61-45-17-6-5-16-40(45)30-37-56(61)65/h5-39H,1-4H3. The molecule has 0 saturated heterocycles. The number of anilines is 3. The molecule has 67 heavy (non-hydrogen) atoms. The van der Waals surface area contributed by atoms with Crippen molar-refractivity contribution in [2.75, 3.05) is 4.90 Å². The topological polar surface area (TPSA) is 3.24 Å². The van der Waals surface area contributed by atoms with Gasteiger partial charge >= 0.3 is 0 Å². The molecule has 0 aromatic heterocycles. The summed E-state index contributed by atoms with van der Waals surface area (Å²) < 4.78 is 0. The Morgan fingerprint density at radius 2 is 0.851 bits per heavy atom. The summed E-state index contributed by atoms with van der Waals surface area (Å²) in [5.41, 5.74) is 24.2. The van der Waals surface area contributed by atoms with Crippen molar-refractivity contribution < 1.29 is 0 Å². The van der Waals surface area contributed by atoms with Gasteiger partial charge in [0.2, 0.25) is 0 Å². The second kappa shape index (κ2) is 13.8. The number of hydrogen-bond donors (Lipinski definition) is 0. The van der Waals surface area contributed by atoms with Crippen molar-refractivity contribution in [3.8, 4) is 44.5 Å². The molecule has 1 heterocycles. The average Bonchev–Trinajstić information content (AvgIpc) is 3.89. The molecular formula is C65H47NS. The molecule has 1 unspecified atom stereocenters. The van der Waals surface area contributed by atoms with Crippen molar-refractivity contribution in [3.63, 3.8) is 0 Å². The lowest BCUT2D eigenvalue weighted by Crippen LogP contribution is -2.32. The van der Waals surface area contributed by atoms with Gasteiger partial charge in [-0.2, -0.15) is 0 Å². The van der Waals surface area contributed by atoms with E-state index in [1.54, 1.807) is 0 Å². The predicted molar refractivity (Wildman–Crippen MR) is 281 cm³/mol. The predicted octanol–water partition coefficient (Wildman–Crippen LogP) is 17.4. The Hall–Kier alpha value is -7.39. The Morgan fingerprint density at radius 1 is 0.343 bits per heavy atom. The van der Waals surface area contributed by atoms with E-state index < -0.39 is 5.41 Å². The Kier molecular flexibility index (Phi) is 8.02. The maximum absolute atomic E-state index is 2.49. The summed E-state index contributed by atoms with van der Waals surface area (Å²) >= 11 is 1.92. The maximum Gasteiger partial charge on any atom is 0.0735 e. The van der Waals surface area contributed by atoms with Gasteiger partial charge in [-0.05, 0) is 142 Å². The van der Waals surface area contributed by atoms with E-state index in [0.29, 0.717) is 0 Å². The third-order valence-corrected chi connectivity index (χ3v) is 17.2. The molecule has 1 aliphatic heterocycles. The summed E-state index contributed by atoms with van der Waals surface area (Å²) in [5, 5.41) is 2.59. The highest BCUT2D eigenvalue weighted by atomic mass is 32.2. The number of rotatable bonds is 4. The minimum atomic E-state index is -0.456. The summed E-state index contributed by atoms with van der Waals surface area (Å²) in [6.45, 7) is 9.51. The average molecular weight is 874 g/mol. The highest BCUT2D eigenvalue weighted by Gasteiger charge is 2.51. The van der Waals surface area contributed by atoms with E-state index in [-0.39, 0.29) is 10.8 Å². The second-order valence-electron chi connectivity index (χ2n) is 20.0. The minimum absolute atomic E-state index is 0.119. The molecule has 0 N–H and O–H groups in total. The molecular weight excluding hydrogens is 827 g/mol. The van der Waals surface area contributed by atoms with Crippen LogP contribution in [0.2, 0.25) is 0 Å². The molecule has 0 bridgehead atoms. The van der Waals surface area contributed by atoms with Crippen LogP contribution < -0.4 is 4.90 Å². The summed E-state index contributed by atoms with van der Waals surface area (Å²) in [4.78, 5) is 5.12. The first-order valence-corrected chi connectivity index (χ1v) is 24.5. The van der Waals surface area contributed by atoms with E-state index in [4.69, 9.17) is 0 Å². The van der Waals surface area contributed by atoms with E-state index in [2.05, 4.69) is 245 Å². The molecule has 10 aromatic carbocycles. The number of fused-ring (bicyclic) bond motifs is 17. The molecule has 14 rings (SSSR count). The lowest BCUT2D eigenvalue weighted by atomic mass is 9.67. The lowest BCUT2D eigenvalue weighted by molar-refractivity contribution is 0.660. The van der Waals surface area contributed by atoms with Crippen LogP contribution in [0, 0.1) is 0 Å². The summed E-state index contributed by atoms with van der Waals surface area (Å²) in [6.07, 6.45) is 0. The molecule has 4 aliphatic rings. The zero-order valence-corrected chi connectivity index (χ0v) is 38.9. The molecule has 0 radical (unpaired) electrons. The number of hydrogen-bond acceptors (Lipinski definition) is 2. The zero-order valence-electron chi connectivity index (χ0n) is 38.1. The van der Waals surface area contributed by atoms with Crippen LogP contribution in [-0.4, -0.2) is 0 Å². The third-order valence-electron chi connectivity index (χ3n) is 15.9. The van der Waals surface area contributed by atoms with Gasteiger partial charge in [-0.15, -0.1) is 0 Å². The van der Waals surface area contributed by atoms with Crippen LogP contribution in [0.1, 0.15) is 72.2 Å². The van der Waals surface area contributed by atoms with Gasteiger partial charge in [-0.25, -0.2) is 0 Å². The molecule has 0 amide bonds. The Balaban J connectivity index is 0.940. The molecule has 1 nitrogen and oxygen atoms in total. The lowest BCUT2D eigenvalue weighted by Gasteiger charge is -2.40. The van der Waals surface area contributed by atoms with Gasteiger partial charge in [0.25, 0.3) is 0 Å². The summed E-state index contributed by atoms with van der Waals surface area (Å²) in [5.74, 6) is 0.